The Hall–Kier alpha value is -0.650. The van der Waals surface area contributed by atoms with Gasteiger partial charge in [-0.2, -0.15) is 0 Å². The van der Waals surface area contributed by atoms with Crippen molar-refractivity contribution < 1.29 is 9.53 Å². The van der Waals surface area contributed by atoms with Gasteiger partial charge in [0.1, 0.15) is 0 Å². The predicted molar refractivity (Wildman–Crippen MR) is 91.3 cm³/mol. The first-order valence-electron chi connectivity index (χ1n) is 9.38. The Bertz CT molecular complexity index is 418. The van der Waals surface area contributed by atoms with Crippen molar-refractivity contribution in [2.75, 3.05) is 45.9 Å². The molecule has 0 aromatic carbocycles. The van der Waals surface area contributed by atoms with E-state index in [0.29, 0.717) is 18.4 Å². The van der Waals surface area contributed by atoms with Gasteiger partial charge in [-0.15, -0.1) is 0 Å². The van der Waals surface area contributed by atoms with Crippen LogP contribution >= 0.6 is 0 Å². The smallest absolute Gasteiger partial charge is 0.221 e. The van der Waals surface area contributed by atoms with Crippen molar-refractivity contribution in [3.63, 3.8) is 0 Å². The van der Waals surface area contributed by atoms with Crippen molar-refractivity contribution >= 4 is 5.91 Å². The maximum atomic E-state index is 12.4. The van der Waals surface area contributed by atoms with Gasteiger partial charge in [-0.3, -0.25) is 4.79 Å². The molecule has 1 aliphatic carbocycles. The third-order valence-corrected chi connectivity index (χ3v) is 6.21. The van der Waals surface area contributed by atoms with Gasteiger partial charge in [0.25, 0.3) is 0 Å². The molecule has 0 bridgehead atoms. The molecule has 3 fully saturated rings. The number of carbonyl (C=O) groups excluding carboxylic acids is 1. The van der Waals surface area contributed by atoms with Crippen molar-refractivity contribution in [2.24, 2.45) is 11.3 Å². The maximum Gasteiger partial charge on any atom is 0.221 e. The number of hydrogen-bond donors (Lipinski definition) is 1. The molecule has 1 saturated carbocycles. The van der Waals surface area contributed by atoms with Crippen LogP contribution in [0.4, 0.5) is 0 Å². The average Bonchev–Trinajstić information content (AvgIpc) is 2.58. The molecule has 23 heavy (non-hydrogen) atoms. The van der Waals surface area contributed by atoms with E-state index in [1.807, 2.05) is 0 Å². The lowest BCUT2D eigenvalue weighted by molar-refractivity contribution is -0.193. The second kappa shape index (κ2) is 7.08. The van der Waals surface area contributed by atoms with E-state index < -0.39 is 0 Å². The Morgan fingerprint density at radius 3 is 2.61 bits per heavy atom. The number of carbonyl (C=O) groups is 1. The lowest BCUT2D eigenvalue weighted by Crippen LogP contribution is -2.70. The van der Waals surface area contributed by atoms with Gasteiger partial charge in [0, 0.05) is 63.1 Å². The van der Waals surface area contributed by atoms with Crippen molar-refractivity contribution in [1.82, 2.24) is 15.1 Å². The summed E-state index contributed by atoms with van der Waals surface area (Å²) in [7, 11) is 0. The summed E-state index contributed by atoms with van der Waals surface area (Å²) < 4.78 is 5.92. The Morgan fingerprint density at radius 1 is 1.22 bits per heavy atom. The zero-order chi connectivity index (χ0) is 16.4. The molecule has 5 nitrogen and oxygen atoms in total. The van der Waals surface area contributed by atoms with Gasteiger partial charge in [-0.25, -0.2) is 0 Å². The number of likely N-dealkylation sites (N-methyl/N-ethyl adjacent to an activating group) is 1. The predicted octanol–water partition coefficient (Wildman–Crippen LogP) is 1.33. The molecule has 3 aliphatic rings. The standard InChI is InChI=1S/C18H33N3O2/c1-4-20-9-11-21(12-10-20)8-7-15(22)19-16-14-6-5-13-23-17(14)18(16,2)3/h14,16-17H,4-13H2,1-3H3,(H,19,22)/t14-,16+,17+/m0/s1. The van der Waals surface area contributed by atoms with Gasteiger partial charge < -0.3 is 19.9 Å². The Balaban J connectivity index is 1.41. The molecule has 0 aromatic rings. The number of fused-ring (bicyclic) bond motifs is 1. The number of hydrogen-bond acceptors (Lipinski definition) is 4. The Labute approximate surface area is 140 Å². The molecule has 0 spiro atoms. The van der Waals surface area contributed by atoms with E-state index in [2.05, 4.69) is 35.9 Å². The number of nitrogens with zero attached hydrogens (tertiary/aromatic N) is 2. The first-order valence-corrected chi connectivity index (χ1v) is 9.38. The zero-order valence-electron chi connectivity index (χ0n) is 15.0. The highest BCUT2D eigenvalue weighted by molar-refractivity contribution is 5.76. The van der Waals surface area contributed by atoms with E-state index in [0.717, 1.165) is 52.3 Å². The summed E-state index contributed by atoms with van der Waals surface area (Å²) >= 11 is 0. The van der Waals surface area contributed by atoms with Crippen LogP contribution in [0.2, 0.25) is 0 Å². The van der Waals surface area contributed by atoms with Crippen LogP contribution in [0.15, 0.2) is 0 Å². The van der Waals surface area contributed by atoms with Gasteiger partial charge >= 0.3 is 0 Å². The van der Waals surface area contributed by atoms with Crippen molar-refractivity contribution in [2.45, 2.75) is 52.2 Å². The van der Waals surface area contributed by atoms with E-state index >= 15 is 0 Å². The summed E-state index contributed by atoms with van der Waals surface area (Å²) in [6, 6.07) is 0.289. The molecule has 2 aliphatic heterocycles. The highest BCUT2D eigenvalue weighted by atomic mass is 16.5. The molecule has 3 atom stereocenters. The average molecular weight is 323 g/mol. The highest BCUT2D eigenvalue weighted by Crippen LogP contribution is 2.51. The first kappa shape index (κ1) is 17.2. The van der Waals surface area contributed by atoms with Gasteiger partial charge in [0.2, 0.25) is 5.91 Å². The Kier molecular flexibility index (Phi) is 5.29. The van der Waals surface area contributed by atoms with Crippen LogP contribution in [0.3, 0.4) is 0 Å². The minimum atomic E-state index is 0.0769. The minimum Gasteiger partial charge on any atom is -0.377 e. The van der Waals surface area contributed by atoms with Gasteiger partial charge in [0.05, 0.1) is 6.10 Å². The van der Waals surface area contributed by atoms with Crippen LogP contribution in [-0.4, -0.2) is 73.7 Å². The van der Waals surface area contributed by atoms with E-state index in [9.17, 15) is 4.79 Å². The molecule has 1 amide bonds. The van der Waals surface area contributed by atoms with Crippen LogP contribution in [0, 0.1) is 11.3 Å². The molecular weight excluding hydrogens is 290 g/mol. The SMILES string of the molecule is CCN1CCN(CCC(=O)N[C@@H]2[C@@H]3CCCO[C@H]3C2(C)C)CC1. The van der Waals surface area contributed by atoms with Crippen LogP contribution in [0.25, 0.3) is 0 Å². The van der Waals surface area contributed by atoms with Crippen molar-refractivity contribution in [1.29, 1.82) is 0 Å². The van der Waals surface area contributed by atoms with Crippen LogP contribution in [-0.2, 0) is 9.53 Å². The fraction of sp³-hybridized carbons (Fsp3) is 0.944. The summed E-state index contributed by atoms with van der Waals surface area (Å²) in [4.78, 5) is 17.3. The zero-order valence-corrected chi connectivity index (χ0v) is 15.0. The highest BCUT2D eigenvalue weighted by Gasteiger charge is 2.58. The van der Waals surface area contributed by atoms with Gasteiger partial charge in [-0.1, -0.05) is 20.8 Å². The van der Waals surface area contributed by atoms with Gasteiger partial charge in [0.15, 0.2) is 0 Å². The number of piperazine rings is 1. The number of nitrogens with one attached hydrogen (secondary N) is 1. The van der Waals surface area contributed by atoms with E-state index in [4.69, 9.17) is 4.74 Å². The summed E-state index contributed by atoms with van der Waals surface area (Å²) in [5.74, 6) is 0.737. The minimum absolute atomic E-state index is 0.0769. The molecule has 2 heterocycles. The first-order chi connectivity index (χ1) is 11.0. The van der Waals surface area contributed by atoms with Crippen LogP contribution in [0.5, 0.6) is 0 Å². The summed E-state index contributed by atoms with van der Waals surface area (Å²) in [6.07, 6.45) is 3.28. The largest absolute Gasteiger partial charge is 0.377 e. The molecule has 3 rings (SSSR count). The molecular formula is C18H33N3O2. The molecule has 0 radical (unpaired) electrons. The van der Waals surface area contributed by atoms with E-state index in [1.54, 1.807) is 0 Å². The molecule has 5 heteroatoms. The summed E-state index contributed by atoms with van der Waals surface area (Å²) in [5, 5.41) is 3.31. The third kappa shape index (κ3) is 3.57. The van der Waals surface area contributed by atoms with E-state index in [1.165, 1.54) is 6.42 Å². The maximum absolute atomic E-state index is 12.4. The topological polar surface area (TPSA) is 44.8 Å². The Morgan fingerprint density at radius 2 is 1.91 bits per heavy atom. The molecule has 1 N–H and O–H groups in total. The summed E-state index contributed by atoms with van der Waals surface area (Å²) in [5.41, 5.74) is 0.0769. The third-order valence-electron chi connectivity index (χ3n) is 6.21. The second-order valence-corrected chi connectivity index (χ2v) is 7.99. The van der Waals surface area contributed by atoms with Crippen molar-refractivity contribution in [3.05, 3.63) is 0 Å². The second-order valence-electron chi connectivity index (χ2n) is 7.99. The van der Waals surface area contributed by atoms with Crippen LogP contribution in [0.1, 0.15) is 40.0 Å². The fourth-order valence-corrected chi connectivity index (χ4v) is 4.65. The monoisotopic (exact) mass is 323 g/mol. The molecule has 2 saturated heterocycles. The van der Waals surface area contributed by atoms with E-state index in [-0.39, 0.29) is 17.4 Å². The number of rotatable bonds is 5. The molecule has 132 valence electrons. The quantitative estimate of drug-likeness (QED) is 0.829. The number of ether oxygens (including phenoxy) is 1. The van der Waals surface area contributed by atoms with Crippen molar-refractivity contribution in [3.8, 4) is 0 Å². The molecule has 0 aromatic heterocycles. The normalized spacial score (nSPS) is 34.5. The number of amides is 1. The lowest BCUT2D eigenvalue weighted by Gasteiger charge is -2.59. The fourth-order valence-electron chi connectivity index (χ4n) is 4.65. The summed E-state index contributed by atoms with van der Waals surface area (Å²) in [6.45, 7) is 14.0. The molecule has 0 unspecified atom stereocenters. The lowest BCUT2D eigenvalue weighted by atomic mass is 9.55. The van der Waals surface area contributed by atoms with Gasteiger partial charge in [-0.05, 0) is 19.4 Å². The van der Waals surface area contributed by atoms with Crippen LogP contribution < -0.4 is 5.32 Å².